The molecule has 0 unspecified atom stereocenters. The largest absolute Gasteiger partial charge is 0.595 e. The molecule has 0 rings (SSSR count). The van der Waals surface area contributed by atoms with Gasteiger partial charge in [-0.3, -0.25) is 4.79 Å². The van der Waals surface area contributed by atoms with Crippen LogP contribution >= 0.6 is 0 Å². The quantitative estimate of drug-likeness (QED) is 0.151. The number of ketones is 1. The maximum atomic E-state index is 11.8. The summed E-state index contributed by atoms with van der Waals surface area (Å²) in [5.74, 6) is 1.25. The van der Waals surface area contributed by atoms with Gasteiger partial charge in [-0.05, 0) is 36.9 Å². The van der Waals surface area contributed by atoms with Crippen molar-refractivity contribution in [2.45, 2.75) is 90.9 Å². The maximum absolute atomic E-state index is 11.8. The Hall–Kier alpha value is -1.19. The van der Waals surface area contributed by atoms with E-state index in [1.54, 1.807) is 0 Å². The van der Waals surface area contributed by atoms with Crippen LogP contribution < -0.4 is 0 Å². The highest BCUT2D eigenvalue weighted by molar-refractivity contribution is 5.78. The number of Topliss-reactive ketones (excluding diaryl/α,β-unsaturated/α-hetero) is 1. The molecule has 0 aliphatic rings. The first-order chi connectivity index (χ1) is 11.1. The molecule has 0 heterocycles. The van der Waals surface area contributed by atoms with Gasteiger partial charge >= 0.3 is 0 Å². The van der Waals surface area contributed by atoms with Crippen molar-refractivity contribution in [3.8, 4) is 0 Å². The number of hydrogen-bond donors (Lipinski definition) is 0. The Bertz CT molecular complexity index is 340. The minimum Gasteiger partial charge on any atom is -0.595 e. The van der Waals surface area contributed by atoms with Crippen molar-refractivity contribution in [2.75, 3.05) is 6.54 Å². The van der Waals surface area contributed by atoms with Crippen LogP contribution in [0, 0.1) is 11.1 Å². The van der Waals surface area contributed by atoms with E-state index in [9.17, 15) is 10.0 Å². The van der Waals surface area contributed by atoms with E-state index in [0.29, 0.717) is 17.2 Å². The van der Waals surface area contributed by atoms with Crippen LogP contribution in [0.3, 0.4) is 0 Å². The van der Waals surface area contributed by atoms with E-state index >= 15 is 0 Å². The molecule has 0 amide bonds. The Morgan fingerprint density at radius 2 is 1.65 bits per heavy atom. The fourth-order valence-electron chi connectivity index (χ4n) is 2.51. The molecule has 0 saturated heterocycles. The molecule has 0 aliphatic heterocycles. The molecule has 0 saturated carbocycles. The molecule has 0 aromatic rings. The van der Waals surface area contributed by atoms with Crippen LogP contribution in [-0.4, -0.2) is 17.2 Å². The lowest BCUT2D eigenvalue weighted by atomic mass is 9.99. The number of hydroxylamine groups is 1. The van der Waals surface area contributed by atoms with Crippen LogP contribution in [0.1, 0.15) is 90.9 Å². The van der Waals surface area contributed by atoms with Gasteiger partial charge in [0.25, 0.3) is 0 Å². The molecule has 0 aromatic heterocycles. The number of hydrogen-bond acceptors (Lipinski definition) is 3. The van der Waals surface area contributed by atoms with Gasteiger partial charge < -0.3 is 5.21 Å². The first-order valence-corrected chi connectivity index (χ1v) is 9.38. The zero-order valence-electron chi connectivity index (χ0n) is 15.3. The molecule has 0 spiro atoms. The Morgan fingerprint density at radius 1 is 1.09 bits per heavy atom. The van der Waals surface area contributed by atoms with Gasteiger partial charge in [-0.15, -0.1) is 0 Å². The number of azo groups is 1. The van der Waals surface area contributed by atoms with E-state index in [0.717, 1.165) is 63.5 Å². The van der Waals surface area contributed by atoms with Crippen LogP contribution in [0.15, 0.2) is 17.9 Å². The molecular weight excluding hydrogens is 288 g/mol. The molecule has 0 aromatic carbocycles. The zero-order valence-corrected chi connectivity index (χ0v) is 15.3. The molecule has 0 N–H and O–H groups in total. The lowest BCUT2D eigenvalue weighted by Crippen LogP contribution is -1.98. The van der Waals surface area contributed by atoms with Crippen LogP contribution in [0.25, 0.3) is 0 Å². The highest BCUT2D eigenvalue weighted by Crippen LogP contribution is 2.14. The number of rotatable bonds is 16. The molecule has 4 heteroatoms. The van der Waals surface area contributed by atoms with Gasteiger partial charge in [0.15, 0.2) is 0 Å². The molecule has 134 valence electrons. The summed E-state index contributed by atoms with van der Waals surface area (Å²) in [6, 6.07) is 0. The minimum absolute atomic E-state index is 0.427. The van der Waals surface area contributed by atoms with Crippen LogP contribution in [-0.2, 0) is 4.79 Å². The van der Waals surface area contributed by atoms with E-state index in [4.69, 9.17) is 0 Å². The van der Waals surface area contributed by atoms with Crippen molar-refractivity contribution in [2.24, 2.45) is 11.0 Å². The number of nitrogens with zero attached hydrogens (tertiary/aromatic N) is 2. The average Bonchev–Trinajstić information content (AvgIpc) is 2.56. The summed E-state index contributed by atoms with van der Waals surface area (Å²) in [5.41, 5.74) is 0. The monoisotopic (exact) mass is 324 g/mol. The lowest BCUT2D eigenvalue weighted by molar-refractivity contribution is -0.458. The molecule has 0 bridgehead atoms. The maximum Gasteiger partial charge on any atom is 0.202 e. The third-order valence-electron chi connectivity index (χ3n) is 4.36. The molecule has 0 aliphatic carbocycles. The first-order valence-electron chi connectivity index (χ1n) is 9.38. The lowest BCUT2D eigenvalue weighted by Gasteiger charge is -2.07. The second kappa shape index (κ2) is 15.7. The highest BCUT2D eigenvalue weighted by atomic mass is 16.5. The van der Waals surface area contributed by atoms with Crippen molar-refractivity contribution >= 4 is 5.78 Å². The molecule has 1 atom stereocenters. The van der Waals surface area contributed by atoms with Crippen LogP contribution in [0.2, 0.25) is 0 Å². The summed E-state index contributed by atoms with van der Waals surface area (Å²) in [5, 5.41) is 14.6. The summed E-state index contributed by atoms with van der Waals surface area (Å²) in [7, 11) is 0. The average molecular weight is 325 g/mol. The number of carbonyl (C=O) groups excluding carboxylic acids is 1. The molecule has 0 fully saturated rings. The summed E-state index contributed by atoms with van der Waals surface area (Å²) >= 11 is 0. The Labute approximate surface area is 142 Å². The topological polar surface area (TPSA) is 55.5 Å². The van der Waals surface area contributed by atoms with Crippen molar-refractivity contribution in [1.82, 2.24) is 0 Å². The van der Waals surface area contributed by atoms with Crippen molar-refractivity contribution in [3.63, 3.8) is 0 Å². The van der Waals surface area contributed by atoms with Gasteiger partial charge in [0.05, 0.1) is 0 Å². The minimum atomic E-state index is 0.427. The fourth-order valence-corrected chi connectivity index (χ4v) is 2.51. The van der Waals surface area contributed by atoms with E-state index in [1.165, 1.54) is 25.7 Å². The third-order valence-corrected chi connectivity index (χ3v) is 4.36. The van der Waals surface area contributed by atoms with Gasteiger partial charge in [0.2, 0.25) is 6.20 Å². The summed E-state index contributed by atoms with van der Waals surface area (Å²) < 4.78 is 0. The van der Waals surface area contributed by atoms with Gasteiger partial charge in [-0.1, -0.05) is 63.7 Å². The normalized spacial score (nSPS) is 13.0. The van der Waals surface area contributed by atoms with Crippen LogP contribution in [0.4, 0.5) is 0 Å². The Balaban J connectivity index is 3.32. The predicted octanol–water partition coefficient (Wildman–Crippen LogP) is 6.00. The zero-order chi connectivity index (χ0) is 17.3. The van der Waals surface area contributed by atoms with Gasteiger partial charge in [0, 0.05) is 12.8 Å². The van der Waals surface area contributed by atoms with E-state index in [-0.39, 0.29) is 0 Å². The van der Waals surface area contributed by atoms with E-state index in [1.807, 2.05) is 0 Å². The second-order valence-electron chi connectivity index (χ2n) is 6.52. The van der Waals surface area contributed by atoms with E-state index in [2.05, 4.69) is 25.5 Å². The van der Waals surface area contributed by atoms with E-state index < -0.39 is 0 Å². The SMILES string of the molecule is C=C[N+]([O-])=NCCCCCCCC(=O)CCCCC[C@H](C)CC. The van der Waals surface area contributed by atoms with Gasteiger partial charge in [-0.2, -0.15) is 0 Å². The number of unbranched alkanes of at least 4 members (excludes halogenated alkanes) is 6. The van der Waals surface area contributed by atoms with Gasteiger partial charge in [-0.25, -0.2) is 0 Å². The Morgan fingerprint density at radius 3 is 2.26 bits per heavy atom. The number of carbonyl (C=O) groups is 1. The fraction of sp³-hybridized carbons (Fsp3) is 0.842. The molecule has 23 heavy (non-hydrogen) atoms. The molecule has 4 nitrogen and oxygen atoms in total. The van der Waals surface area contributed by atoms with Crippen LogP contribution in [0.5, 0.6) is 0 Å². The summed E-state index contributed by atoms with van der Waals surface area (Å²) in [4.78, 5) is 12.3. The predicted molar refractivity (Wildman–Crippen MR) is 96.4 cm³/mol. The van der Waals surface area contributed by atoms with Crippen molar-refractivity contribution in [3.05, 3.63) is 18.0 Å². The summed E-state index contributed by atoms with van der Waals surface area (Å²) in [6.07, 6.45) is 14.0. The van der Waals surface area contributed by atoms with Gasteiger partial charge in [0.1, 0.15) is 12.3 Å². The standard InChI is InChI=1S/C19H36N2O2/c1-4-18(3)14-10-9-12-16-19(22)15-11-7-6-8-13-17-20-21(23)5-2/h5,18H,2,4,6-17H2,1,3H3/t18-/m1/s1. The second-order valence-corrected chi connectivity index (χ2v) is 6.52. The third kappa shape index (κ3) is 15.5. The Kier molecular flexibility index (Phi) is 14.9. The first kappa shape index (κ1) is 21.8. The van der Waals surface area contributed by atoms with Crippen molar-refractivity contribution < 1.29 is 9.66 Å². The smallest absolute Gasteiger partial charge is 0.202 e. The molecular formula is C19H36N2O2. The highest BCUT2D eigenvalue weighted by Gasteiger charge is 2.03. The molecule has 0 radical (unpaired) electrons. The summed E-state index contributed by atoms with van der Waals surface area (Å²) in [6.45, 7) is 8.45. The van der Waals surface area contributed by atoms with Crippen molar-refractivity contribution in [1.29, 1.82) is 0 Å².